The molecule has 0 saturated heterocycles. The molecule has 0 spiro atoms. The van der Waals surface area contributed by atoms with Gasteiger partial charge in [0.05, 0.1) is 13.0 Å². The van der Waals surface area contributed by atoms with Gasteiger partial charge in [-0.25, -0.2) is 9.59 Å². The van der Waals surface area contributed by atoms with E-state index >= 15 is 0 Å². The van der Waals surface area contributed by atoms with Crippen LogP contribution in [0.15, 0.2) is 0 Å². The maximum atomic E-state index is 13.1. The Bertz CT molecular complexity index is 857. The van der Waals surface area contributed by atoms with Gasteiger partial charge in [0.2, 0.25) is 17.7 Å². The molecule has 0 fully saturated rings. The van der Waals surface area contributed by atoms with Crippen molar-refractivity contribution in [2.45, 2.75) is 83.7 Å². The molecule has 218 valence electrons. The molecule has 5 N–H and O–H groups in total. The van der Waals surface area contributed by atoms with Crippen LogP contribution in [0.2, 0.25) is 0 Å². The number of aliphatic carboxylic acids is 1. The van der Waals surface area contributed by atoms with E-state index in [9.17, 15) is 28.8 Å². The lowest BCUT2D eigenvalue weighted by molar-refractivity contribution is -0.156. The van der Waals surface area contributed by atoms with Crippen molar-refractivity contribution in [1.29, 1.82) is 0 Å². The molecule has 0 aliphatic carbocycles. The summed E-state index contributed by atoms with van der Waals surface area (Å²) in [6, 6.07) is -3.81. The van der Waals surface area contributed by atoms with Crippen LogP contribution in [0.1, 0.15) is 54.4 Å². The van der Waals surface area contributed by atoms with Gasteiger partial charge >= 0.3 is 18.0 Å². The van der Waals surface area contributed by atoms with Crippen molar-refractivity contribution in [2.75, 3.05) is 24.3 Å². The normalized spacial score (nSPS) is 13.8. The van der Waals surface area contributed by atoms with Crippen LogP contribution in [0.3, 0.4) is 0 Å². The highest BCUT2D eigenvalue weighted by Crippen LogP contribution is 2.11. The van der Waals surface area contributed by atoms with Crippen molar-refractivity contribution in [3.63, 3.8) is 0 Å². The molecule has 15 heteroatoms. The molecule has 0 unspecified atom stereocenters. The zero-order valence-electron chi connectivity index (χ0n) is 22.8. The number of amides is 4. The van der Waals surface area contributed by atoms with E-state index in [4.69, 9.17) is 14.6 Å². The number of carbonyl (C=O) groups excluding carboxylic acids is 5. The minimum atomic E-state index is -1.46. The third kappa shape index (κ3) is 16.2. The quantitative estimate of drug-likeness (QED) is 0.124. The molecule has 0 saturated carbocycles. The highest BCUT2D eigenvalue weighted by molar-refractivity contribution is 7.98. The Balaban J connectivity index is 5.60. The molecule has 0 radical (unpaired) electrons. The SMILES string of the molecule is CSCC[C@H](NC(=O)OC(C)(C)C)C(=O)N[C@@H](CC(=O)OC(C)(C)C)C(=O)NCC(=O)N[C@@H](CS)C(=O)O. The number of thiol groups is 1. The third-order valence-electron chi connectivity index (χ3n) is 4.28. The summed E-state index contributed by atoms with van der Waals surface area (Å²) in [6.07, 6.45) is 0.623. The van der Waals surface area contributed by atoms with Gasteiger partial charge in [-0.3, -0.25) is 19.2 Å². The van der Waals surface area contributed by atoms with Gasteiger partial charge in [-0.1, -0.05) is 0 Å². The Hall–Kier alpha value is -2.68. The monoisotopic (exact) mass is 580 g/mol. The summed E-state index contributed by atoms with van der Waals surface area (Å²) >= 11 is 5.28. The standard InChI is InChI=1S/C23H40N4O9S2/c1-22(2,3)35-17(29)10-14(18(30)24-11-16(28)25-15(12-37)20(32)33)26-19(31)13(8-9-38-7)27-21(34)36-23(4,5)6/h13-15,37H,8-12H2,1-7H3,(H,24,30)(H,25,28)(H,26,31)(H,27,34)(H,32,33)/t13-,14-,15-/m0/s1. The molecule has 0 aliphatic heterocycles. The zero-order valence-corrected chi connectivity index (χ0v) is 24.5. The minimum absolute atomic E-state index is 0.172. The molecule has 38 heavy (non-hydrogen) atoms. The zero-order chi connectivity index (χ0) is 29.7. The van der Waals surface area contributed by atoms with E-state index in [0.29, 0.717) is 5.75 Å². The molecule has 0 aromatic rings. The molecule has 13 nitrogen and oxygen atoms in total. The molecular formula is C23H40N4O9S2. The first kappa shape index (κ1) is 35.3. The first-order chi connectivity index (χ1) is 17.4. The predicted octanol–water partition coefficient (Wildman–Crippen LogP) is 0.465. The second-order valence-electron chi connectivity index (χ2n) is 10.2. The summed E-state index contributed by atoms with van der Waals surface area (Å²) < 4.78 is 10.5. The minimum Gasteiger partial charge on any atom is -0.480 e. The van der Waals surface area contributed by atoms with Gasteiger partial charge in [0.15, 0.2) is 0 Å². The van der Waals surface area contributed by atoms with Gasteiger partial charge in [-0.05, 0) is 60.0 Å². The maximum Gasteiger partial charge on any atom is 0.408 e. The van der Waals surface area contributed by atoms with Gasteiger partial charge in [0.25, 0.3) is 0 Å². The van der Waals surface area contributed by atoms with E-state index in [0.717, 1.165) is 0 Å². The smallest absolute Gasteiger partial charge is 0.408 e. The number of nitrogens with one attached hydrogen (secondary N) is 4. The van der Waals surface area contributed by atoms with E-state index < -0.39 is 78.0 Å². The number of carbonyl (C=O) groups is 6. The fraction of sp³-hybridized carbons (Fsp3) is 0.739. The summed E-state index contributed by atoms with van der Waals surface area (Å²) in [6.45, 7) is 9.26. The molecule has 4 amide bonds. The van der Waals surface area contributed by atoms with Crippen molar-refractivity contribution in [3.05, 3.63) is 0 Å². The average molecular weight is 581 g/mol. The molecule has 0 bridgehead atoms. The van der Waals surface area contributed by atoms with Crippen molar-refractivity contribution < 1.29 is 43.3 Å². The number of carboxylic acid groups (broad SMARTS) is 1. The Kier molecular flexibility index (Phi) is 15.2. The third-order valence-corrected chi connectivity index (χ3v) is 5.29. The maximum absolute atomic E-state index is 13.1. The van der Waals surface area contributed by atoms with Crippen LogP contribution in [0.25, 0.3) is 0 Å². The molecule has 0 heterocycles. The lowest BCUT2D eigenvalue weighted by Crippen LogP contribution is -2.56. The number of thioether (sulfide) groups is 1. The van der Waals surface area contributed by atoms with Gasteiger partial charge in [-0.15, -0.1) is 0 Å². The Morgan fingerprint density at radius 2 is 1.42 bits per heavy atom. The lowest BCUT2D eigenvalue weighted by atomic mass is 10.1. The van der Waals surface area contributed by atoms with Crippen LogP contribution in [0.4, 0.5) is 4.79 Å². The van der Waals surface area contributed by atoms with Crippen molar-refractivity contribution in [3.8, 4) is 0 Å². The molecule has 0 rings (SSSR count). The average Bonchev–Trinajstić information content (AvgIpc) is 2.75. The Morgan fingerprint density at radius 3 is 1.89 bits per heavy atom. The van der Waals surface area contributed by atoms with Gasteiger partial charge in [0.1, 0.15) is 29.3 Å². The van der Waals surface area contributed by atoms with Gasteiger partial charge < -0.3 is 35.8 Å². The number of rotatable bonds is 14. The lowest BCUT2D eigenvalue weighted by Gasteiger charge is -2.26. The molecule has 3 atom stereocenters. The number of hydrogen-bond acceptors (Lipinski definition) is 10. The van der Waals surface area contributed by atoms with Crippen LogP contribution in [0, 0.1) is 0 Å². The summed E-state index contributed by atoms with van der Waals surface area (Å²) in [4.78, 5) is 73.7. The number of ether oxygens (including phenoxy) is 2. The Morgan fingerprint density at radius 1 is 0.842 bits per heavy atom. The second-order valence-corrected chi connectivity index (χ2v) is 11.5. The van der Waals surface area contributed by atoms with E-state index in [1.54, 1.807) is 41.5 Å². The fourth-order valence-electron chi connectivity index (χ4n) is 2.71. The van der Waals surface area contributed by atoms with E-state index in [1.165, 1.54) is 11.8 Å². The van der Waals surface area contributed by atoms with E-state index in [2.05, 4.69) is 33.9 Å². The van der Waals surface area contributed by atoms with Gasteiger partial charge in [0, 0.05) is 5.75 Å². The topological polar surface area (TPSA) is 189 Å². The fourth-order valence-corrected chi connectivity index (χ4v) is 3.43. The van der Waals surface area contributed by atoms with Crippen LogP contribution in [-0.2, 0) is 33.4 Å². The first-order valence-corrected chi connectivity index (χ1v) is 13.8. The van der Waals surface area contributed by atoms with E-state index in [1.807, 2.05) is 6.26 Å². The molecular weight excluding hydrogens is 540 g/mol. The molecule has 0 aliphatic rings. The van der Waals surface area contributed by atoms with Crippen LogP contribution >= 0.6 is 24.4 Å². The van der Waals surface area contributed by atoms with Crippen LogP contribution < -0.4 is 21.3 Å². The number of alkyl carbamates (subject to hydrolysis) is 1. The summed E-state index contributed by atoms with van der Waals surface area (Å²) in [7, 11) is 0. The van der Waals surface area contributed by atoms with Crippen LogP contribution in [0.5, 0.6) is 0 Å². The van der Waals surface area contributed by atoms with Gasteiger partial charge in [-0.2, -0.15) is 24.4 Å². The first-order valence-electron chi connectivity index (χ1n) is 11.8. The number of hydrogen-bond donors (Lipinski definition) is 6. The van der Waals surface area contributed by atoms with Crippen molar-refractivity contribution in [1.82, 2.24) is 21.3 Å². The highest BCUT2D eigenvalue weighted by atomic mass is 32.2. The summed E-state index contributed by atoms with van der Waals surface area (Å²) in [5, 5.41) is 18.4. The predicted molar refractivity (Wildman–Crippen MR) is 145 cm³/mol. The van der Waals surface area contributed by atoms with E-state index in [-0.39, 0.29) is 12.2 Å². The molecule has 0 aromatic heterocycles. The summed E-state index contributed by atoms with van der Waals surface area (Å²) in [5.41, 5.74) is -1.67. The Labute approximate surface area is 232 Å². The summed E-state index contributed by atoms with van der Waals surface area (Å²) in [5.74, 6) is -4.22. The number of carboxylic acids is 1. The molecule has 0 aromatic carbocycles. The largest absolute Gasteiger partial charge is 0.480 e. The second kappa shape index (κ2) is 16.3. The van der Waals surface area contributed by atoms with Crippen molar-refractivity contribution in [2.24, 2.45) is 0 Å². The van der Waals surface area contributed by atoms with Crippen LogP contribution in [-0.4, -0.2) is 94.5 Å². The van der Waals surface area contributed by atoms with Crippen molar-refractivity contribution >= 4 is 60.1 Å². The highest BCUT2D eigenvalue weighted by Gasteiger charge is 2.31. The number of esters is 1.